The molecule has 162 valence electrons. The summed E-state index contributed by atoms with van der Waals surface area (Å²) in [5.74, 6) is -1.21. The fraction of sp³-hybridized carbons (Fsp3) is 0.292. The summed E-state index contributed by atoms with van der Waals surface area (Å²) < 4.78 is 11.4. The van der Waals surface area contributed by atoms with Crippen LogP contribution in [0.25, 0.3) is 11.6 Å². The van der Waals surface area contributed by atoms with E-state index in [0.717, 1.165) is 11.3 Å². The van der Waals surface area contributed by atoms with Gasteiger partial charge < -0.3 is 19.4 Å². The van der Waals surface area contributed by atoms with Gasteiger partial charge in [0.15, 0.2) is 11.5 Å². The average Bonchev–Trinajstić information content (AvgIpc) is 2.76. The third-order valence-electron chi connectivity index (χ3n) is 4.75. The second-order valence-electron chi connectivity index (χ2n) is 6.98. The Balaban J connectivity index is 2.04. The van der Waals surface area contributed by atoms with Crippen molar-refractivity contribution in [3.05, 3.63) is 59.2 Å². The van der Waals surface area contributed by atoms with Gasteiger partial charge in [-0.15, -0.1) is 0 Å². The lowest BCUT2D eigenvalue weighted by Crippen LogP contribution is -2.43. The average molecular weight is 422 g/mol. The summed E-state index contributed by atoms with van der Waals surface area (Å²) in [5, 5.41) is 10.9. The van der Waals surface area contributed by atoms with Crippen LogP contribution in [0.4, 0.5) is 0 Å². The molecule has 0 radical (unpaired) electrons. The van der Waals surface area contributed by atoms with Crippen LogP contribution in [-0.4, -0.2) is 42.4 Å². The van der Waals surface area contributed by atoms with Crippen molar-refractivity contribution in [2.24, 2.45) is 0 Å². The highest BCUT2D eigenvalue weighted by Crippen LogP contribution is 2.33. The van der Waals surface area contributed by atoms with Crippen LogP contribution in [-0.2, 0) is 9.59 Å². The first-order valence-electron chi connectivity index (χ1n) is 10.2. The predicted molar refractivity (Wildman–Crippen MR) is 113 cm³/mol. The molecule has 0 fully saturated rings. The van der Waals surface area contributed by atoms with Gasteiger partial charge in [-0.3, -0.25) is 14.5 Å². The number of carboxylic acids is 1. The van der Waals surface area contributed by atoms with Crippen LogP contribution in [0.5, 0.6) is 11.5 Å². The molecule has 2 aromatic carbocycles. The minimum atomic E-state index is -1.32. The molecule has 0 aliphatic carbocycles. The highest BCUT2D eigenvalue weighted by Gasteiger charge is 2.34. The van der Waals surface area contributed by atoms with Gasteiger partial charge in [-0.2, -0.15) is 0 Å². The lowest BCUT2D eigenvalue weighted by molar-refractivity contribution is -0.305. The number of ether oxygens (including phenoxy) is 2. The number of amides is 2. The molecule has 0 aromatic heterocycles. The molecule has 0 saturated carbocycles. The molecule has 2 aromatic rings. The van der Waals surface area contributed by atoms with E-state index in [1.54, 1.807) is 48.5 Å². The molecule has 3 rings (SSSR count). The number of hydrogen-bond acceptors (Lipinski definition) is 6. The molecule has 31 heavy (non-hydrogen) atoms. The Kier molecular flexibility index (Phi) is 7.07. The molecule has 2 amide bonds. The van der Waals surface area contributed by atoms with Crippen molar-refractivity contribution in [3.8, 4) is 11.5 Å². The molecule has 0 saturated heterocycles. The monoisotopic (exact) mass is 422 g/mol. The van der Waals surface area contributed by atoms with Crippen LogP contribution in [0.2, 0.25) is 0 Å². The number of carbonyl (C=O) groups excluding carboxylic acids is 3. The van der Waals surface area contributed by atoms with E-state index in [0.29, 0.717) is 47.0 Å². The summed E-state index contributed by atoms with van der Waals surface area (Å²) in [6, 6.07) is 12.1. The molecular weight excluding hydrogens is 398 g/mol. The number of fused-ring (bicyclic) bond motifs is 1. The number of carboxylic acid groups (broad SMARTS) is 1. The third-order valence-corrected chi connectivity index (χ3v) is 4.75. The number of nitrogens with zero attached hydrogens (tertiary/aromatic N) is 1. The summed E-state index contributed by atoms with van der Waals surface area (Å²) in [6.07, 6.45) is 2.11. The molecule has 0 spiro atoms. The predicted octanol–water partition coefficient (Wildman–Crippen LogP) is 2.54. The molecule has 0 atom stereocenters. The Labute approximate surface area is 180 Å². The van der Waals surface area contributed by atoms with Crippen molar-refractivity contribution in [3.63, 3.8) is 0 Å². The van der Waals surface area contributed by atoms with Gasteiger partial charge in [0.1, 0.15) is 0 Å². The molecular formula is C24H24NO6-. The second kappa shape index (κ2) is 9.93. The first kappa shape index (κ1) is 22.1. The fourth-order valence-corrected chi connectivity index (χ4v) is 3.33. The normalized spacial score (nSPS) is 14.5. The number of imide groups is 1. The van der Waals surface area contributed by atoms with Crippen molar-refractivity contribution in [2.45, 2.75) is 26.7 Å². The van der Waals surface area contributed by atoms with Crippen LogP contribution >= 0.6 is 0 Å². The topological polar surface area (TPSA) is 96.0 Å². The fourth-order valence-electron chi connectivity index (χ4n) is 3.33. The van der Waals surface area contributed by atoms with E-state index in [2.05, 4.69) is 0 Å². The van der Waals surface area contributed by atoms with Crippen molar-refractivity contribution in [1.29, 1.82) is 0 Å². The van der Waals surface area contributed by atoms with Crippen molar-refractivity contribution in [2.75, 3.05) is 19.8 Å². The van der Waals surface area contributed by atoms with E-state index >= 15 is 0 Å². The number of benzene rings is 2. The van der Waals surface area contributed by atoms with Crippen LogP contribution in [0.3, 0.4) is 0 Å². The van der Waals surface area contributed by atoms with Crippen LogP contribution < -0.4 is 14.6 Å². The lowest BCUT2D eigenvalue weighted by Gasteiger charge is -2.28. The Morgan fingerprint density at radius 2 is 1.74 bits per heavy atom. The van der Waals surface area contributed by atoms with Gasteiger partial charge in [0.2, 0.25) is 0 Å². The zero-order valence-corrected chi connectivity index (χ0v) is 17.6. The Bertz CT molecular complexity index is 1030. The van der Waals surface area contributed by atoms with E-state index in [9.17, 15) is 19.5 Å². The smallest absolute Gasteiger partial charge is 0.261 e. The first-order chi connectivity index (χ1) is 15.0. The summed E-state index contributed by atoms with van der Waals surface area (Å²) in [4.78, 5) is 37.7. The number of carbonyl (C=O) groups is 3. The molecule has 0 N–H and O–H groups in total. The Hall–Kier alpha value is -3.61. The Morgan fingerprint density at radius 1 is 1.00 bits per heavy atom. The van der Waals surface area contributed by atoms with E-state index in [1.807, 2.05) is 13.8 Å². The Morgan fingerprint density at radius 3 is 2.42 bits per heavy atom. The molecule has 1 aliphatic heterocycles. The highest BCUT2D eigenvalue weighted by atomic mass is 16.5. The minimum absolute atomic E-state index is 0.250. The SMILES string of the molecule is CCCOc1ccc(/C=C2\C(=O)N(CCC(=O)[O-])C(=O)c3ccccc32)cc1OCC. The van der Waals surface area contributed by atoms with Crippen molar-refractivity contribution >= 4 is 29.4 Å². The second-order valence-corrected chi connectivity index (χ2v) is 6.98. The minimum Gasteiger partial charge on any atom is -0.550 e. The first-order valence-corrected chi connectivity index (χ1v) is 10.2. The maximum atomic E-state index is 13.1. The van der Waals surface area contributed by atoms with Gasteiger partial charge in [0.25, 0.3) is 11.8 Å². The maximum Gasteiger partial charge on any atom is 0.261 e. The molecule has 0 bridgehead atoms. The highest BCUT2D eigenvalue weighted by molar-refractivity contribution is 6.33. The van der Waals surface area contributed by atoms with E-state index in [-0.39, 0.29) is 6.54 Å². The number of aliphatic carboxylic acids is 1. The summed E-state index contributed by atoms with van der Waals surface area (Å²) in [7, 11) is 0. The number of rotatable bonds is 9. The third kappa shape index (κ3) is 4.94. The van der Waals surface area contributed by atoms with Gasteiger partial charge in [0.05, 0.1) is 13.2 Å². The van der Waals surface area contributed by atoms with Gasteiger partial charge in [-0.25, -0.2) is 0 Å². The zero-order chi connectivity index (χ0) is 22.4. The molecule has 0 unspecified atom stereocenters. The zero-order valence-electron chi connectivity index (χ0n) is 17.6. The lowest BCUT2D eigenvalue weighted by atomic mass is 9.92. The molecule has 1 heterocycles. The summed E-state index contributed by atoms with van der Waals surface area (Å²) >= 11 is 0. The van der Waals surface area contributed by atoms with E-state index in [4.69, 9.17) is 9.47 Å². The molecule has 1 aliphatic rings. The largest absolute Gasteiger partial charge is 0.550 e. The summed E-state index contributed by atoms with van der Waals surface area (Å²) in [5.41, 5.74) is 1.85. The maximum absolute atomic E-state index is 13.1. The molecule has 7 heteroatoms. The van der Waals surface area contributed by atoms with Crippen LogP contribution in [0.15, 0.2) is 42.5 Å². The van der Waals surface area contributed by atoms with Gasteiger partial charge in [-0.1, -0.05) is 31.2 Å². The standard InChI is InChI=1S/C24H25NO6/c1-3-13-31-20-10-9-16(15-21(20)30-4-2)14-19-17-7-5-6-8-18(17)23(28)25(24(19)29)12-11-22(26)27/h5-10,14-15H,3-4,11-13H2,1-2H3,(H,26,27)/p-1/b19-14-. The van der Waals surface area contributed by atoms with Crippen LogP contribution in [0, 0.1) is 0 Å². The summed E-state index contributed by atoms with van der Waals surface area (Å²) in [6.45, 7) is 4.65. The van der Waals surface area contributed by atoms with Gasteiger partial charge >= 0.3 is 0 Å². The number of hydrogen-bond donors (Lipinski definition) is 0. The van der Waals surface area contributed by atoms with Gasteiger partial charge in [0, 0.05) is 30.1 Å². The van der Waals surface area contributed by atoms with Gasteiger partial charge in [-0.05, 0) is 48.7 Å². The van der Waals surface area contributed by atoms with Crippen LogP contribution in [0.1, 0.15) is 48.2 Å². The van der Waals surface area contributed by atoms with Crippen molar-refractivity contribution in [1.82, 2.24) is 4.90 Å². The van der Waals surface area contributed by atoms with E-state index < -0.39 is 24.2 Å². The van der Waals surface area contributed by atoms with Crippen molar-refractivity contribution < 1.29 is 29.0 Å². The molecule has 7 nitrogen and oxygen atoms in total. The quantitative estimate of drug-likeness (QED) is 0.455. The van der Waals surface area contributed by atoms with E-state index in [1.165, 1.54) is 0 Å².